The molecule has 3 heteroatoms. The van der Waals surface area contributed by atoms with Crippen LogP contribution in [0, 0.1) is 0 Å². The van der Waals surface area contributed by atoms with Crippen LogP contribution in [-0.2, 0) is 13.0 Å². The van der Waals surface area contributed by atoms with Crippen LogP contribution in [0.1, 0.15) is 42.3 Å². The van der Waals surface area contributed by atoms with Crippen molar-refractivity contribution in [3.05, 3.63) is 53.2 Å². The summed E-state index contributed by atoms with van der Waals surface area (Å²) in [5.74, 6) is 1.43. The van der Waals surface area contributed by atoms with Crippen molar-refractivity contribution in [1.82, 2.24) is 10.3 Å². The predicted octanol–water partition coefficient (Wildman–Crippen LogP) is 2.86. The number of rotatable bonds is 4. The van der Waals surface area contributed by atoms with E-state index in [0.29, 0.717) is 12.0 Å². The standard InChI is InChI=1S/C15H18N2O/c1-10(2)16-8-14-15(18-9-17-14)13-7-11-5-3-4-6-12(11)13/h3-6,9-10,13,16H,7-8H2,1-2H3. The minimum absolute atomic E-state index is 0.396. The molecule has 0 spiro atoms. The van der Waals surface area contributed by atoms with Crippen molar-refractivity contribution in [1.29, 1.82) is 0 Å². The minimum Gasteiger partial charge on any atom is -0.447 e. The second-order valence-corrected chi connectivity index (χ2v) is 5.15. The molecule has 0 radical (unpaired) electrons. The van der Waals surface area contributed by atoms with Crippen molar-refractivity contribution in [3.8, 4) is 0 Å². The lowest BCUT2D eigenvalue weighted by Gasteiger charge is -2.28. The Morgan fingerprint density at radius 2 is 2.22 bits per heavy atom. The molecule has 1 unspecified atom stereocenters. The summed E-state index contributed by atoms with van der Waals surface area (Å²) in [6.07, 6.45) is 2.63. The van der Waals surface area contributed by atoms with E-state index in [9.17, 15) is 0 Å². The molecule has 1 aliphatic rings. The van der Waals surface area contributed by atoms with Gasteiger partial charge in [0.1, 0.15) is 5.76 Å². The van der Waals surface area contributed by atoms with Crippen molar-refractivity contribution in [3.63, 3.8) is 0 Å². The van der Waals surface area contributed by atoms with Crippen LogP contribution in [0.15, 0.2) is 35.1 Å². The van der Waals surface area contributed by atoms with Crippen LogP contribution in [0.25, 0.3) is 0 Å². The maximum Gasteiger partial charge on any atom is 0.181 e. The lowest BCUT2D eigenvalue weighted by Crippen LogP contribution is -2.24. The van der Waals surface area contributed by atoms with Gasteiger partial charge in [0.2, 0.25) is 0 Å². The molecule has 1 heterocycles. The summed E-state index contributed by atoms with van der Waals surface area (Å²) in [6.45, 7) is 5.05. The number of oxazole rings is 1. The van der Waals surface area contributed by atoms with E-state index in [1.54, 1.807) is 6.39 Å². The monoisotopic (exact) mass is 242 g/mol. The molecule has 1 atom stereocenters. The lowest BCUT2D eigenvalue weighted by atomic mass is 9.76. The summed E-state index contributed by atoms with van der Waals surface area (Å²) >= 11 is 0. The Morgan fingerprint density at radius 3 is 3.00 bits per heavy atom. The van der Waals surface area contributed by atoms with Crippen molar-refractivity contribution >= 4 is 0 Å². The molecule has 1 N–H and O–H groups in total. The van der Waals surface area contributed by atoms with Crippen LogP contribution in [-0.4, -0.2) is 11.0 Å². The quantitative estimate of drug-likeness (QED) is 0.896. The van der Waals surface area contributed by atoms with Gasteiger partial charge in [-0.15, -0.1) is 0 Å². The van der Waals surface area contributed by atoms with E-state index in [2.05, 4.69) is 48.4 Å². The maximum atomic E-state index is 5.61. The van der Waals surface area contributed by atoms with Crippen LogP contribution in [0.4, 0.5) is 0 Å². The average Bonchev–Trinajstić information content (AvgIpc) is 2.76. The van der Waals surface area contributed by atoms with Gasteiger partial charge in [-0.2, -0.15) is 0 Å². The molecule has 2 aromatic rings. The van der Waals surface area contributed by atoms with Gasteiger partial charge in [-0.3, -0.25) is 0 Å². The van der Waals surface area contributed by atoms with E-state index in [1.165, 1.54) is 11.1 Å². The normalized spacial score (nSPS) is 17.6. The van der Waals surface area contributed by atoms with Gasteiger partial charge in [-0.25, -0.2) is 4.98 Å². The predicted molar refractivity (Wildman–Crippen MR) is 70.5 cm³/mol. The molecular formula is C15H18N2O. The Morgan fingerprint density at radius 1 is 1.39 bits per heavy atom. The molecule has 18 heavy (non-hydrogen) atoms. The van der Waals surface area contributed by atoms with Crippen LogP contribution in [0.2, 0.25) is 0 Å². The van der Waals surface area contributed by atoms with Crippen molar-refractivity contribution in [2.24, 2.45) is 0 Å². The molecule has 3 nitrogen and oxygen atoms in total. The molecule has 1 aromatic heterocycles. The van der Waals surface area contributed by atoms with Gasteiger partial charge in [-0.05, 0) is 17.5 Å². The number of hydrogen-bond acceptors (Lipinski definition) is 3. The zero-order chi connectivity index (χ0) is 12.5. The summed E-state index contributed by atoms with van der Waals surface area (Å²) in [7, 11) is 0. The second kappa shape index (κ2) is 4.58. The van der Waals surface area contributed by atoms with E-state index < -0.39 is 0 Å². The SMILES string of the molecule is CC(C)NCc1ncoc1C1Cc2ccccc21. The minimum atomic E-state index is 0.396. The maximum absolute atomic E-state index is 5.61. The highest BCUT2D eigenvalue weighted by atomic mass is 16.3. The number of hydrogen-bond donors (Lipinski definition) is 1. The second-order valence-electron chi connectivity index (χ2n) is 5.15. The van der Waals surface area contributed by atoms with E-state index in [0.717, 1.165) is 24.4 Å². The third-order valence-corrected chi connectivity index (χ3v) is 3.52. The van der Waals surface area contributed by atoms with Crippen molar-refractivity contribution in [2.45, 2.75) is 38.8 Å². The highest BCUT2D eigenvalue weighted by molar-refractivity contribution is 5.45. The Balaban J connectivity index is 1.81. The number of fused-ring (bicyclic) bond motifs is 1. The lowest BCUT2D eigenvalue weighted by molar-refractivity contribution is 0.455. The van der Waals surface area contributed by atoms with Crippen LogP contribution in [0.5, 0.6) is 0 Å². The van der Waals surface area contributed by atoms with Gasteiger partial charge in [-0.1, -0.05) is 38.1 Å². The molecule has 0 saturated carbocycles. The summed E-state index contributed by atoms with van der Waals surface area (Å²) < 4.78 is 5.61. The molecular weight excluding hydrogens is 224 g/mol. The topological polar surface area (TPSA) is 38.1 Å². The molecule has 3 rings (SSSR count). The largest absolute Gasteiger partial charge is 0.447 e. The number of nitrogens with zero attached hydrogens (tertiary/aromatic N) is 1. The fraction of sp³-hybridized carbons (Fsp3) is 0.400. The summed E-state index contributed by atoms with van der Waals surface area (Å²) in [4.78, 5) is 4.33. The van der Waals surface area contributed by atoms with Crippen LogP contribution in [0.3, 0.4) is 0 Å². The van der Waals surface area contributed by atoms with Crippen molar-refractivity contribution in [2.75, 3.05) is 0 Å². The van der Waals surface area contributed by atoms with E-state index in [-0.39, 0.29) is 0 Å². The fourth-order valence-electron chi connectivity index (χ4n) is 2.49. The highest BCUT2D eigenvalue weighted by Crippen LogP contribution is 2.40. The Kier molecular flexibility index (Phi) is 2.92. The zero-order valence-corrected chi connectivity index (χ0v) is 10.8. The molecule has 0 saturated heterocycles. The molecule has 0 aliphatic heterocycles. The van der Waals surface area contributed by atoms with E-state index >= 15 is 0 Å². The van der Waals surface area contributed by atoms with E-state index in [1.807, 2.05) is 0 Å². The van der Waals surface area contributed by atoms with Gasteiger partial charge >= 0.3 is 0 Å². The first-order valence-electron chi connectivity index (χ1n) is 6.49. The third-order valence-electron chi connectivity index (χ3n) is 3.52. The van der Waals surface area contributed by atoms with Crippen molar-refractivity contribution < 1.29 is 4.42 Å². The summed E-state index contributed by atoms with van der Waals surface area (Å²) in [5, 5.41) is 3.39. The van der Waals surface area contributed by atoms with Gasteiger partial charge in [0, 0.05) is 18.5 Å². The Labute approximate surface area is 107 Å². The van der Waals surface area contributed by atoms with Gasteiger partial charge in [0.25, 0.3) is 0 Å². The van der Waals surface area contributed by atoms with Crippen LogP contribution < -0.4 is 5.32 Å². The van der Waals surface area contributed by atoms with Gasteiger partial charge in [0.05, 0.1) is 5.69 Å². The number of benzene rings is 1. The van der Waals surface area contributed by atoms with E-state index in [4.69, 9.17) is 4.42 Å². The summed E-state index contributed by atoms with van der Waals surface area (Å²) in [6, 6.07) is 9.02. The molecule has 1 aliphatic carbocycles. The number of nitrogens with one attached hydrogen (secondary N) is 1. The fourth-order valence-corrected chi connectivity index (χ4v) is 2.49. The molecule has 0 bridgehead atoms. The molecule has 1 aromatic carbocycles. The summed E-state index contributed by atoms with van der Waals surface area (Å²) in [5.41, 5.74) is 3.87. The van der Waals surface area contributed by atoms with Gasteiger partial charge in [0.15, 0.2) is 6.39 Å². The first-order valence-corrected chi connectivity index (χ1v) is 6.49. The van der Waals surface area contributed by atoms with Gasteiger partial charge < -0.3 is 9.73 Å². The Bertz CT molecular complexity index is 545. The molecule has 0 fully saturated rings. The molecule has 0 amide bonds. The zero-order valence-electron chi connectivity index (χ0n) is 10.8. The molecule has 94 valence electrons. The first kappa shape index (κ1) is 11.5. The smallest absolute Gasteiger partial charge is 0.181 e. The Hall–Kier alpha value is -1.61. The highest BCUT2D eigenvalue weighted by Gasteiger charge is 2.31. The third kappa shape index (κ3) is 1.95. The first-order chi connectivity index (χ1) is 8.75. The number of aromatic nitrogens is 1. The average molecular weight is 242 g/mol. The van der Waals surface area contributed by atoms with Crippen LogP contribution >= 0.6 is 0 Å².